The highest BCUT2D eigenvalue weighted by Crippen LogP contribution is 2.23. The van der Waals surface area contributed by atoms with Crippen LogP contribution in [0.5, 0.6) is 5.75 Å². The van der Waals surface area contributed by atoms with Crippen LogP contribution in [0.15, 0.2) is 18.2 Å². The molecule has 0 spiro atoms. The molecule has 1 aromatic rings. The minimum atomic E-state index is -0.755. The first-order chi connectivity index (χ1) is 7.90. The van der Waals surface area contributed by atoms with Gasteiger partial charge in [-0.05, 0) is 26.3 Å². The van der Waals surface area contributed by atoms with Crippen LogP contribution in [0.25, 0.3) is 0 Å². The highest BCUT2D eigenvalue weighted by molar-refractivity contribution is 5.59. The van der Waals surface area contributed by atoms with Gasteiger partial charge in [-0.1, -0.05) is 6.92 Å². The molecule has 0 saturated heterocycles. The molecular formula is C13H22N2O2. The maximum atomic E-state index is 9.63. The van der Waals surface area contributed by atoms with E-state index in [9.17, 15) is 5.11 Å². The Balaban J connectivity index is 2.68. The molecule has 0 aliphatic carbocycles. The summed E-state index contributed by atoms with van der Waals surface area (Å²) in [5, 5.41) is 12.8. The lowest BCUT2D eigenvalue weighted by atomic mass is 10.1. The third-order valence-electron chi connectivity index (χ3n) is 2.13. The van der Waals surface area contributed by atoms with Gasteiger partial charge in [0, 0.05) is 30.1 Å². The number of hydrogen-bond donors (Lipinski definition) is 3. The van der Waals surface area contributed by atoms with Crippen molar-refractivity contribution in [2.24, 2.45) is 0 Å². The van der Waals surface area contributed by atoms with Crippen molar-refractivity contribution < 1.29 is 9.84 Å². The second-order valence-corrected chi connectivity index (χ2v) is 4.81. The second-order valence-electron chi connectivity index (χ2n) is 4.81. The predicted octanol–water partition coefficient (Wildman–Crippen LogP) is 2.24. The van der Waals surface area contributed by atoms with E-state index in [-0.39, 0.29) is 0 Å². The molecule has 0 aliphatic heterocycles. The maximum Gasteiger partial charge on any atom is 0.123 e. The molecule has 4 heteroatoms. The number of nitrogens with two attached hydrogens (primary N) is 1. The van der Waals surface area contributed by atoms with Gasteiger partial charge in [-0.15, -0.1) is 0 Å². The fourth-order valence-corrected chi connectivity index (χ4v) is 1.35. The molecule has 0 radical (unpaired) electrons. The summed E-state index contributed by atoms with van der Waals surface area (Å²) in [6.45, 7) is 6.69. The molecule has 17 heavy (non-hydrogen) atoms. The summed E-state index contributed by atoms with van der Waals surface area (Å²) < 4.78 is 5.53. The lowest BCUT2D eigenvalue weighted by Crippen LogP contribution is -2.29. The van der Waals surface area contributed by atoms with Crippen molar-refractivity contribution in [3.8, 4) is 5.75 Å². The number of rotatable bonds is 6. The van der Waals surface area contributed by atoms with Gasteiger partial charge in [0.1, 0.15) is 5.75 Å². The summed E-state index contributed by atoms with van der Waals surface area (Å²) in [6.07, 6.45) is 0.960. The van der Waals surface area contributed by atoms with Crippen molar-refractivity contribution in [1.82, 2.24) is 0 Å². The lowest BCUT2D eigenvalue weighted by Gasteiger charge is -2.19. The van der Waals surface area contributed by atoms with E-state index in [1.54, 1.807) is 19.9 Å². The van der Waals surface area contributed by atoms with Gasteiger partial charge in [0.05, 0.1) is 12.2 Å². The number of ether oxygens (including phenoxy) is 1. The Morgan fingerprint density at radius 1 is 1.35 bits per heavy atom. The van der Waals surface area contributed by atoms with Gasteiger partial charge in [0.15, 0.2) is 0 Å². The molecule has 4 nitrogen and oxygen atoms in total. The van der Waals surface area contributed by atoms with E-state index in [4.69, 9.17) is 10.5 Å². The fourth-order valence-electron chi connectivity index (χ4n) is 1.35. The van der Waals surface area contributed by atoms with Crippen LogP contribution in [0.1, 0.15) is 27.2 Å². The number of benzene rings is 1. The van der Waals surface area contributed by atoms with Crippen LogP contribution in [0.2, 0.25) is 0 Å². The van der Waals surface area contributed by atoms with E-state index < -0.39 is 5.60 Å². The molecule has 96 valence electrons. The SMILES string of the molecule is CCCOc1cc(N)cc(NCC(C)(C)O)c1. The summed E-state index contributed by atoms with van der Waals surface area (Å²) in [4.78, 5) is 0. The van der Waals surface area contributed by atoms with E-state index >= 15 is 0 Å². The molecule has 0 saturated carbocycles. The smallest absolute Gasteiger partial charge is 0.123 e. The summed E-state index contributed by atoms with van der Waals surface area (Å²) >= 11 is 0. The largest absolute Gasteiger partial charge is 0.493 e. The van der Waals surface area contributed by atoms with Crippen molar-refractivity contribution in [2.45, 2.75) is 32.8 Å². The normalized spacial score (nSPS) is 11.3. The van der Waals surface area contributed by atoms with Gasteiger partial charge in [0.25, 0.3) is 0 Å². The molecule has 0 atom stereocenters. The molecule has 1 aromatic carbocycles. The van der Waals surface area contributed by atoms with E-state index in [0.717, 1.165) is 17.9 Å². The molecule has 1 rings (SSSR count). The molecule has 0 aromatic heterocycles. The number of hydrogen-bond acceptors (Lipinski definition) is 4. The third-order valence-corrected chi connectivity index (χ3v) is 2.13. The fraction of sp³-hybridized carbons (Fsp3) is 0.538. The highest BCUT2D eigenvalue weighted by Gasteiger charge is 2.11. The molecule has 0 unspecified atom stereocenters. The zero-order chi connectivity index (χ0) is 12.9. The zero-order valence-electron chi connectivity index (χ0n) is 10.8. The molecule has 0 bridgehead atoms. The Kier molecular flexibility index (Phi) is 4.63. The minimum Gasteiger partial charge on any atom is -0.493 e. The summed E-state index contributed by atoms with van der Waals surface area (Å²) in [6, 6.07) is 5.51. The zero-order valence-corrected chi connectivity index (χ0v) is 10.8. The van der Waals surface area contributed by atoms with Gasteiger partial charge in [-0.3, -0.25) is 0 Å². The van der Waals surface area contributed by atoms with E-state index in [1.165, 1.54) is 0 Å². The van der Waals surface area contributed by atoms with Crippen molar-refractivity contribution in [3.63, 3.8) is 0 Å². The number of nitrogens with one attached hydrogen (secondary N) is 1. The average Bonchev–Trinajstić information content (AvgIpc) is 2.22. The first kappa shape index (κ1) is 13.6. The molecule has 0 amide bonds. The van der Waals surface area contributed by atoms with Crippen LogP contribution in [-0.2, 0) is 0 Å². The van der Waals surface area contributed by atoms with Gasteiger partial charge in [-0.2, -0.15) is 0 Å². The monoisotopic (exact) mass is 238 g/mol. The standard InChI is InChI=1S/C13H22N2O2/c1-4-5-17-12-7-10(14)6-11(8-12)15-9-13(2,3)16/h6-8,15-16H,4-5,9,14H2,1-3H3. The van der Waals surface area contributed by atoms with Crippen LogP contribution in [0.4, 0.5) is 11.4 Å². The highest BCUT2D eigenvalue weighted by atomic mass is 16.5. The van der Waals surface area contributed by atoms with Gasteiger partial charge in [-0.25, -0.2) is 0 Å². The van der Waals surface area contributed by atoms with Crippen LogP contribution < -0.4 is 15.8 Å². The average molecular weight is 238 g/mol. The minimum absolute atomic E-state index is 0.462. The third kappa shape index (κ3) is 5.45. The topological polar surface area (TPSA) is 67.5 Å². The van der Waals surface area contributed by atoms with E-state index in [1.807, 2.05) is 12.1 Å². The Morgan fingerprint density at radius 2 is 2.06 bits per heavy atom. The molecular weight excluding hydrogens is 216 g/mol. The van der Waals surface area contributed by atoms with Gasteiger partial charge >= 0.3 is 0 Å². The Morgan fingerprint density at radius 3 is 2.65 bits per heavy atom. The Labute approximate surface area is 103 Å². The van der Waals surface area contributed by atoms with Gasteiger partial charge < -0.3 is 20.9 Å². The van der Waals surface area contributed by atoms with Gasteiger partial charge in [0.2, 0.25) is 0 Å². The Hall–Kier alpha value is -1.42. The van der Waals surface area contributed by atoms with Crippen molar-refractivity contribution >= 4 is 11.4 Å². The second kappa shape index (κ2) is 5.77. The van der Waals surface area contributed by atoms with Crippen molar-refractivity contribution in [3.05, 3.63) is 18.2 Å². The van der Waals surface area contributed by atoms with Crippen LogP contribution in [0.3, 0.4) is 0 Å². The molecule has 0 heterocycles. The van der Waals surface area contributed by atoms with Crippen molar-refractivity contribution in [2.75, 3.05) is 24.2 Å². The first-order valence-electron chi connectivity index (χ1n) is 5.90. The number of nitrogen functional groups attached to an aromatic ring is 1. The van der Waals surface area contributed by atoms with E-state index in [2.05, 4.69) is 12.2 Å². The first-order valence-corrected chi connectivity index (χ1v) is 5.90. The molecule has 4 N–H and O–H groups in total. The predicted molar refractivity (Wildman–Crippen MR) is 71.4 cm³/mol. The maximum absolute atomic E-state index is 9.63. The van der Waals surface area contributed by atoms with Crippen LogP contribution in [-0.4, -0.2) is 23.9 Å². The lowest BCUT2D eigenvalue weighted by molar-refractivity contribution is 0.0945. The number of anilines is 2. The molecule has 0 fully saturated rings. The van der Waals surface area contributed by atoms with Crippen molar-refractivity contribution in [1.29, 1.82) is 0 Å². The summed E-state index contributed by atoms with van der Waals surface area (Å²) in [5.74, 6) is 0.755. The van der Waals surface area contributed by atoms with E-state index in [0.29, 0.717) is 18.8 Å². The number of aliphatic hydroxyl groups is 1. The molecule has 0 aliphatic rings. The van der Waals surface area contributed by atoms with Crippen LogP contribution >= 0.6 is 0 Å². The Bertz CT molecular complexity index is 359. The summed E-state index contributed by atoms with van der Waals surface area (Å²) in [7, 11) is 0. The quantitative estimate of drug-likeness (QED) is 0.665. The van der Waals surface area contributed by atoms with Crippen LogP contribution in [0, 0.1) is 0 Å². The summed E-state index contributed by atoms with van der Waals surface area (Å²) in [5.41, 5.74) is 6.54.